The molecule has 154 valence electrons. The Morgan fingerprint density at radius 2 is 1.45 bits per heavy atom. The van der Waals surface area contributed by atoms with Gasteiger partial charge in [-0.1, -0.05) is 60.7 Å². The molecule has 2 aromatic rings. The minimum Gasteiger partial charge on any atom is -0.455 e. The molecular weight excluding hydrogens is 368 g/mol. The predicted octanol–water partition coefficient (Wildman–Crippen LogP) is 2.73. The maximum atomic E-state index is 12.9. The van der Waals surface area contributed by atoms with E-state index in [1.807, 2.05) is 74.5 Å². The molecule has 0 heterocycles. The fraction of sp³-hybridized carbons (Fsp3) is 0.348. The van der Waals surface area contributed by atoms with Crippen molar-refractivity contribution in [3.63, 3.8) is 0 Å². The number of ether oxygens (including phenoxy) is 1. The van der Waals surface area contributed by atoms with Gasteiger partial charge in [0.1, 0.15) is 5.92 Å². The fourth-order valence-electron chi connectivity index (χ4n) is 2.98. The van der Waals surface area contributed by atoms with Crippen LogP contribution < -0.4 is 5.32 Å². The third-order valence-corrected chi connectivity index (χ3v) is 4.36. The van der Waals surface area contributed by atoms with Crippen LogP contribution in [-0.4, -0.2) is 48.4 Å². The van der Waals surface area contributed by atoms with E-state index in [0.717, 1.165) is 11.1 Å². The van der Waals surface area contributed by atoms with E-state index >= 15 is 0 Å². The number of benzene rings is 2. The summed E-state index contributed by atoms with van der Waals surface area (Å²) in [7, 11) is 0. The van der Waals surface area contributed by atoms with Crippen molar-refractivity contribution in [3.05, 3.63) is 71.8 Å². The van der Waals surface area contributed by atoms with Crippen LogP contribution >= 0.6 is 0 Å². The van der Waals surface area contributed by atoms with Crippen LogP contribution in [0.4, 0.5) is 0 Å². The summed E-state index contributed by atoms with van der Waals surface area (Å²) in [4.78, 5) is 38.6. The topological polar surface area (TPSA) is 75.7 Å². The molecule has 0 aliphatic heterocycles. The minimum absolute atomic E-state index is 0.00774. The van der Waals surface area contributed by atoms with Gasteiger partial charge in [0.2, 0.25) is 5.91 Å². The Morgan fingerprint density at radius 1 is 0.931 bits per heavy atom. The van der Waals surface area contributed by atoms with Gasteiger partial charge in [0, 0.05) is 12.6 Å². The number of carbonyl (C=O) groups is 3. The Labute approximate surface area is 171 Å². The molecule has 2 rings (SSSR count). The molecule has 0 spiro atoms. The zero-order chi connectivity index (χ0) is 21.2. The first-order valence-electron chi connectivity index (χ1n) is 9.76. The lowest BCUT2D eigenvalue weighted by Crippen LogP contribution is -2.44. The quantitative estimate of drug-likeness (QED) is 0.662. The summed E-state index contributed by atoms with van der Waals surface area (Å²) in [5.74, 6) is -1.77. The highest BCUT2D eigenvalue weighted by atomic mass is 16.5. The zero-order valence-corrected chi connectivity index (χ0v) is 17.1. The Balaban J connectivity index is 2.05. The summed E-state index contributed by atoms with van der Waals surface area (Å²) in [6.07, 6.45) is 0. The van der Waals surface area contributed by atoms with E-state index in [1.165, 1.54) is 4.90 Å². The van der Waals surface area contributed by atoms with Crippen LogP contribution in [-0.2, 0) is 19.1 Å². The molecule has 0 aromatic heterocycles. The van der Waals surface area contributed by atoms with Gasteiger partial charge < -0.3 is 15.0 Å². The van der Waals surface area contributed by atoms with E-state index in [0.29, 0.717) is 6.54 Å². The molecule has 0 saturated carbocycles. The summed E-state index contributed by atoms with van der Waals surface area (Å²) in [6.45, 7) is 5.36. The lowest BCUT2D eigenvalue weighted by atomic mass is 9.91. The predicted molar refractivity (Wildman–Crippen MR) is 111 cm³/mol. The molecule has 29 heavy (non-hydrogen) atoms. The van der Waals surface area contributed by atoms with Crippen molar-refractivity contribution in [3.8, 4) is 0 Å². The third kappa shape index (κ3) is 6.75. The van der Waals surface area contributed by atoms with Crippen LogP contribution in [0.2, 0.25) is 0 Å². The number of esters is 1. The summed E-state index contributed by atoms with van der Waals surface area (Å²) in [6, 6.07) is 18.6. The standard InChI is InChI=1S/C23H28N2O4/c1-4-25(15-20(26)24-17(2)3)21(27)16-29-23(28)22(18-11-7-5-8-12-18)19-13-9-6-10-14-19/h5-14,17,22H,4,15-16H2,1-3H3,(H,24,26). The molecule has 2 amide bonds. The van der Waals surface area contributed by atoms with Gasteiger partial charge in [-0.05, 0) is 31.9 Å². The molecule has 0 saturated heterocycles. The molecule has 0 bridgehead atoms. The van der Waals surface area contributed by atoms with Crippen molar-refractivity contribution < 1.29 is 19.1 Å². The van der Waals surface area contributed by atoms with Crippen LogP contribution in [0, 0.1) is 0 Å². The van der Waals surface area contributed by atoms with Crippen molar-refractivity contribution in [1.82, 2.24) is 10.2 Å². The summed E-state index contributed by atoms with van der Waals surface area (Å²) in [5, 5.41) is 2.75. The van der Waals surface area contributed by atoms with Gasteiger partial charge in [0.25, 0.3) is 5.91 Å². The fourth-order valence-corrected chi connectivity index (χ4v) is 2.98. The van der Waals surface area contributed by atoms with Crippen molar-refractivity contribution in [2.75, 3.05) is 19.7 Å². The minimum atomic E-state index is -0.621. The van der Waals surface area contributed by atoms with E-state index in [4.69, 9.17) is 4.74 Å². The maximum Gasteiger partial charge on any atom is 0.318 e. The second-order valence-corrected chi connectivity index (χ2v) is 6.99. The number of nitrogens with zero attached hydrogens (tertiary/aromatic N) is 1. The number of amides is 2. The highest BCUT2D eigenvalue weighted by Gasteiger charge is 2.26. The second-order valence-electron chi connectivity index (χ2n) is 6.99. The monoisotopic (exact) mass is 396 g/mol. The van der Waals surface area contributed by atoms with E-state index in [9.17, 15) is 14.4 Å². The largest absolute Gasteiger partial charge is 0.455 e. The van der Waals surface area contributed by atoms with Crippen LogP contribution in [0.3, 0.4) is 0 Å². The van der Waals surface area contributed by atoms with Gasteiger partial charge in [-0.25, -0.2) is 0 Å². The molecule has 0 atom stereocenters. The molecule has 0 radical (unpaired) electrons. The molecule has 0 aliphatic rings. The van der Waals surface area contributed by atoms with Gasteiger partial charge in [-0.2, -0.15) is 0 Å². The summed E-state index contributed by atoms with van der Waals surface area (Å²) >= 11 is 0. The maximum absolute atomic E-state index is 12.9. The molecule has 6 heteroatoms. The van der Waals surface area contributed by atoms with Gasteiger partial charge in [-0.15, -0.1) is 0 Å². The average molecular weight is 396 g/mol. The van der Waals surface area contributed by atoms with Gasteiger partial charge in [0.05, 0.1) is 6.54 Å². The Hall–Kier alpha value is -3.15. The first-order valence-corrected chi connectivity index (χ1v) is 9.76. The SMILES string of the molecule is CCN(CC(=O)NC(C)C)C(=O)COC(=O)C(c1ccccc1)c1ccccc1. The zero-order valence-electron chi connectivity index (χ0n) is 17.1. The molecule has 0 unspecified atom stereocenters. The smallest absolute Gasteiger partial charge is 0.318 e. The normalized spacial score (nSPS) is 10.7. The lowest BCUT2D eigenvalue weighted by molar-refractivity contribution is -0.153. The van der Waals surface area contributed by atoms with Crippen molar-refractivity contribution in [2.45, 2.75) is 32.7 Å². The van der Waals surface area contributed by atoms with E-state index < -0.39 is 24.4 Å². The van der Waals surface area contributed by atoms with E-state index in [-0.39, 0.29) is 18.5 Å². The number of carbonyl (C=O) groups excluding carboxylic acids is 3. The van der Waals surface area contributed by atoms with Crippen molar-refractivity contribution in [2.24, 2.45) is 0 Å². The van der Waals surface area contributed by atoms with Crippen LogP contribution in [0.1, 0.15) is 37.8 Å². The lowest BCUT2D eigenvalue weighted by Gasteiger charge is -2.22. The first-order chi connectivity index (χ1) is 13.9. The van der Waals surface area contributed by atoms with Gasteiger partial charge in [0.15, 0.2) is 6.61 Å². The average Bonchev–Trinajstić information content (AvgIpc) is 2.71. The molecule has 2 aromatic carbocycles. The molecular formula is C23H28N2O4. The highest BCUT2D eigenvalue weighted by molar-refractivity contribution is 5.88. The molecule has 0 fully saturated rings. The first kappa shape index (κ1) is 22.1. The second kappa shape index (κ2) is 11.0. The van der Waals surface area contributed by atoms with E-state index in [2.05, 4.69) is 5.32 Å². The highest BCUT2D eigenvalue weighted by Crippen LogP contribution is 2.25. The number of rotatable bonds is 9. The molecule has 6 nitrogen and oxygen atoms in total. The summed E-state index contributed by atoms with van der Waals surface area (Å²) < 4.78 is 5.36. The number of likely N-dealkylation sites (N-methyl/N-ethyl adjacent to an activating group) is 1. The van der Waals surface area contributed by atoms with Crippen LogP contribution in [0.15, 0.2) is 60.7 Å². The number of hydrogen-bond acceptors (Lipinski definition) is 4. The molecule has 0 aliphatic carbocycles. The van der Waals surface area contributed by atoms with Crippen molar-refractivity contribution in [1.29, 1.82) is 0 Å². The van der Waals surface area contributed by atoms with Gasteiger partial charge in [-0.3, -0.25) is 14.4 Å². The van der Waals surface area contributed by atoms with Crippen LogP contribution in [0.5, 0.6) is 0 Å². The molecule has 1 N–H and O–H groups in total. The van der Waals surface area contributed by atoms with Crippen molar-refractivity contribution >= 4 is 17.8 Å². The van der Waals surface area contributed by atoms with E-state index in [1.54, 1.807) is 6.92 Å². The third-order valence-electron chi connectivity index (χ3n) is 4.36. The number of hydrogen-bond donors (Lipinski definition) is 1. The number of nitrogens with one attached hydrogen (secondary N) is 1. The Bertz CT molecular complexity index is 767. The Kier molecular flexibility index (Phi) is 8.40. The van der Waals surface area contributed by atoms with Crippen LogP contribution in [0.25, 0.3) is 0 Å². The van der Waals surface area contributed by atoms with Gasteiger partial charge >= 0.3 is 5.97 Å². The Morgan fingerprint density at radius 3 is 1.90 bits per heavy atom. The summed E-state index contributed by atoms with van der Waals surface area (Å²) in [5.41, 5.74) is 1.58.